The van der Waals surface area contributed by atoms with Crippen molar-refractivity contribution in [3.05, 3.63) is 0 Å². The van der Waals surface area contributed by atoms with Crippen molar-refractivity contribution in [3.8, 4) is 0 Å². The Bertz CT molecular complexity index is 209. The number of ether oxygens (including phenoxy) is 2. The highest BCUT2D eigenvalue weighted by molar-refractivity contribution is 4.97. The second-order valence-electron chi connectivity index (χ2n) is 5.72. The van der Waals surface area contributed by atoms with Gasteiger partial charge in [-0.2, -0.15) is 0 Å². The van der Waals surface area contributed by atoms with E-state index in [9.17, 15) is 0 Å². The van der Waals surface area contributed by atoms with Gasteiger partial charge in [-0.3, -0.25) is 0 Å². The molecule has 18 heavy (non-hydrogen) atoms. The monoisotopic (exact) mass is 257 g/mol. The van der Waals surface area contributed by atoms with Crippen LogP contribution in [0.4, 0.5) is 0 Å². The van der Waals surface area contributed by atoms with Crippen LogP contribution >= 0.6 is 0 Å². The Balaban J connectivity index is 2.25. The third-order valence-corrected chi connectivity index (χ3v) is 3.45. The summed E-state index contributed by atoms with van der Waals surface area (Å²) in [7, 11) is 0. The highest BCUT2D eigenvalue weighted by atomic mass is 16.5. The maximum absolute atomic E-state index is 5.94. The van der Waals surface area contributed by atoms with E-state index in [1.807, 2.05) is 0 Å². The smallest absolute Gasteiger partial charge is 0.0990 e. The summed E-state index contributed by atoms with van der Waals surface area (Å²) in [6.07, 6.45) is 5.08. The first kappa shape index (κ1) is 15.9. The fourth-order valence-corrected chi connectivity index (χ4v) is 2.21. The van der Waals surface area contributed by atoms with E-state index >= 15 is 0 Å². The van der Waals surface area contributed by atoms with Crippen molar-refractivity contribution in [1.29, 1.82) is 0 Å². The lowest BCUT2D eigenvalue weighted by Gasteiger charge is -2.44. The van der Waals surface area contributed by atoms with Gasteiger partial charge in [0.05, 0.1) is 12.2 Å². The van der Waals surface area contributed by atoms with Crippen LogP contribution in [-0.2, 0) is 9.47 Å². The van der Waals surface area contributed by atoms with Crippen molar-refractivity contribution in [3.63, 3.8) is 0 Å². The molecule has 0 aromatic heterocycles. The molecule has 1 fully saturated rings. The molecule has 1 rings (SSSR count). The molecule has 3 nitrogen and oxygen atoms in total. The molecule has 0 aromatic rings. The summed E-state index contributed by atoms with van der Waals surface area (Å²) in [5, 5.41) is 3.55. The fraction of sp³-hybridized carbons (Fsp3) is 1.00. The highest BCUT2D eigenvalue weighted by Gasteiger charge is 2.42. The molecule has 1 aliphatic carbocycles. The molecule has 0 aliphatic heterocycles. The van der Waals surface area contributed by atoms with E-state index in [4.69, 9.17) is 9.47 Å². The van der Waals surface area contributed by atoms with Crippen LogP contribution in [0.3, 0.4) is 0 Å². The number of rotatable bonds is 10. The molecule has 1 saturated carbocycles. The maximum atomic E-state index is 5.94. The summed E-state index contributed by atoms with van der Waals surface area (Å²) in [6, 6.07) is 0.501. The predicted molar refractivity (Wildman–Crippen MR) is 75.9 cm³/mol. The van der Waals surface area contributed by atoms with E-state index in [2.05, 4.69) is 33.0 Å². The molecular formula is C15H31NO2. The average Bonchev–Trinajstić information content (AvgIpc) is 2.31. The Morgan fingerprint density at radius 2 is 1.89 bits per heavy atom. The van der Waals surface area contributed by atoms with Gasteiger partial charge in [0.25, 0.3) is 0 Å². The molecule has 108 valence electrons. The van der Waals surface area contributed by atoms with Crippen molar-refractivity contribution in [2.45, 2.75) is 71.6 Å². The van der Waals surface area contributed by atoms with Crippen molar-refractivity contribution >= 4 is 0 Å². The molecule has 0 heterocycles. The molecule has 0 aromatic carbocycles. The summed E-state index contributed by atoms with van der Waals surface area (Å²) in [5.41, 5.74) is 0. The van der Waals surface area contributed by atoms with Gasteiger partial charge < -0.3 is 14.8 Å². The lowest BCUT2D eigenvalue weighted by molar-refractivity contribution is -0.148. The lowest BCUT2D eigenvalue weighted by Crippen LogP contribution is -2.60. The van der Waals surface area contributed by atoms with Gasteiger partial charge in [-0.15, -0.1) is 0 Å². The topological polar surface area (TPSA) is 30.5 Å². The van der Waals surface area contributed by atoms with Crippen LogP contribution in [-0.4, -0.2) is 38.0 Å². The zero-order chi connectivity index (χ0) is 13.4. The van der Waals surface area contributed by atoms with Gasteiger partial charge in [-0.05, 0) is 38.1 Å². The molecule has 3 atom stereocenters. The Morgan fingerprint density at radius 3 is 2.50 bits per heavy atom. The Morgan fingerprint density at radius 1 is 1.11 bits per heavy atom. The molecule has 3 unspecified atom stereocenters. The van der Waals surface area contributed by atoms with E-state index < -0.39 is 0 Å². The van der Waals surface area contributed by atoms with Gasteiger partial charge in [0.1, 0.15) is 0 Å². The summed E-state index contributed by atoms with van der Waals surface area (Å²) < 4.78 is 11.9. The van der Waals surface area contributed by atoms with Crippen LogP contribution in [0.1, 0.15) is 53.4 Å². The fourth-order valence-electron chi connectivity index (χ4n) is 2.21. The van der Waals surface area contributed by atoms with Crippen molar-refractivity contribution in [1.82, 2.24) is 5.32 Å². The lowest BCUT2D eigenvalue weighted by atomic mass is 9.85. The van der Waals surface area contributed by atoms with Gasteiger partial charge in [-0.25, -0.2) is 0 Å². The van der Waals surface area contributed by atoms with Crippen molar-refractivity contribution < 1.29 is 9.47 Å². The maximum Gasteiger partial charge on any atom is 0.0990 e. The quantitative estimate of drug-likeness (QED) is 0.652. The Kier molecular flexibility index (Phi) is 7.87. The molecule has 0 radical (unpaired) electrons. The first-order valence-electron chi connectivity index (χ1n) is 7.65. The van der Waals surface area contributed by atoms with E-state index in [0.29, 0.717) is 18.1 Å². The zero-order valence-corrected chi connectivity index (χ0v) is 12.6. The summed E-state index contributed by atoms with van der Waals surface area (Å²) in [4.78, 5) is 0. The third kappa shape index (κ3) is 5.25. The van der Waals surface area contributed by atoms with Gasteiger partial charge in [-0.1, -0.05) is 27.7 Å². The number of nitrogens with one attached hydrogen (secondary N) is 1. The van der Waals surface area contributed by atoms with Crippen LogP contribution in [0.5, 0.6) is 0 Å². The van der Waals surface area contributed by atoms with Crippen LogP contribution < -0.4 is 5.32 Å². The molecule has 0 amide bonds. The van der Waals surface area contributed by atoms with Crippen LogP contribution in [0.2, 0.25) is 0 Å². The minimum atomic E-state index is 0.267. The molecule has 0 saturated heterocycles. The standard InChI is InChI=1S/C15H31NO2/c1-5-8-16-13-11-14(15(13)18-9-6-2)17-10-7-12(3)4/h12-16H,5-11H2,1-4H3. The summed E-state index contributed by atoms with van der Waals surface area (Å²) in [5.74, 6) is 0.717. The Hall–Kier alpha value is -0.120. The van der Waals surface area contributed by atoms with E-state index in [-0.39, 0.29) is 6.10 Å². The number of hydrogen-bond donors (Lipinski definition) is 1. The van der Waals surface area contributed by atoms with Gasteiger partial charge >= 0.3 is 0 Å². The van der Waals surface area contributed by atoms with Gasteiger partial charge in [0.15, 0.2) is 0 Å². The van der Waals surface area contributed by atoms with E-state index in [0.717, 1.165) is 39.0 Å². The molecular weight excluding hydrogens is 226 g/mol. The number of hydrogen-bond acceptors (Lipinski definition) is 3. The second-order valence-corrected chi connectivity index (χ2v) is 5.72. The summed E-state index contributed by atoms with van der Waals surface area (Å²) in [6.45, 7) is 11.6. The van der Waals surface area contributed by atoms with Crippen LogP contribution in [0, 0.1) is 5.92 Å². The van der Waals surface area contributed by atoms with Crippen LogP contribution in [0.15, 0.2) is 0 Å². The van der Waals surface area contributed by atoms with E-state index in [1.165, 1.54) is 6.42 Å². The third-order valence-electron chi connectivity index (χ3n) is 3.45. The average molecular weight is 257 g/mol. The van der Waals surface area contributed by atoms with Gasteiger partial charge in [0, 0.05) is 19.3 Å². The first-order valence-corrected chi connectivity index (χ1v) is 7.65. The first-order chi connectivity index (χ1) is 8.69. The minimum Gasteiger partial charge on any atom is -0.375 e. The normalized spacial score (nSPS) is 27.5. The molecule has 0 bridgehead atoms. The molecule has 1 N–H and O–H groups in total. The molecule has 3 heteroatoms. The second kappa shape index (κ2) is 8.89. The Labute approximate surface area is 113 Å². The van der Waals surface area contributed by atoms with Gasteiger partial charge in [0.2, 0.25) is 0 Å². The largest absolute Gasteiger partial charge is 0.375 e. The zero-order valence-electron chi connectivity index (χ0n) is 12.6. The van der Waals surface area contributed by atoms with E-state index in [1.54, 1.807) is 0 Å². The summed E-state index contributed by atoms with van der Waals surface area (Å²) >= 11 is 0. The van der Waals surface area contributed by atoms with Crippen molar-refractivity contribution in [2.75, 3.05) is 19.8 Å². The minimum absolute atomic E-state index is 0.267. The molecule has 0 spiro atoms. The SMILES string of the molecule is CCCNC1CC(OCCC(C)C)C1OCCC. The van der Waals surface area contributed by atoms with Crippen molar-refractivity contribution in [2.24, 2.45) is 5.92 Å². The highest BCUT2D eigenvalue weighted by Crippen LogP contribution is 2.28. The predicted octanol–water partition coefficient (Wildman–Crippen LogP) is 2.98. The molecule has 1 aliphatic rings. The van der Waals surface area contributed by atoms with Crippen LogP contribution in [0.25, 0.3) is 0 Å².